The van der Waals surface area contributed by atoms with Gasteiger partial charge < -0.3 is 10.6 Å². The van der Waals surface area contributed by atoms with Crippen molar-refractivity contribution in [2.45, 2.75) is 32.4 Å². The minimum atomic E-state index is -0.630. The summed E-state index contributed by atoms with van der Waals surface area (Å²) in [5.41, 5.74) is 4.41. The Morgan fingerprint density at radius 1 is 1.00 bits per heavy atom. The first-order valence-electron chi connectivity index (χ1n) is 10.7. The van der Waals surface area contributed by atoms with Gasteiger partial charge in [0.15, 0.2) is 0 Å². The fourth-order valence-electron chi connectivity index (χ4n) is 4.07. The Kier molecular flexibility index (Phi) is 6.79. The van der Waals surface area contributed by atoms with Gasteiger partial charge in [0, 0.05) is 30.2 Å². The van der Waals surface area contributed by atoms with Crippen molar-refractivity contribution in [1.29, 1.82) is 0 Å². The fourth-order valence-corrected chi connectivity index (χ4v) is 4.93. The molecule has 1 aliphatic rings. The summed E-state index contributed by atoms with van der Waals surface area (Å²) in [6, 6.07) is 20.2. The molecule has 3 aromatic rings. The number of hydrogen-bond acceptors (Lipinski definition) is 4. The molecule has 0 radical (unpaired) electrons. The van der Waals surface area contributed by atoms with E-state index in [1.807, 2.05) is 37.3 Å². The summed E-state index contributed by atoms with van der Waals surface area (Å²) in [4.78, 5) is 28.6. The van der Waals surface area contributed by atoms with E-state index in [1.165, 1.54) is 16.0 Å². The Bertz CT molecular complexity index is 1050. The van der Waals surface area contributed by atoms with Crippen molar-refractivity contribution in [3.63, 3.8) is 0 Å². The van der Waals surface area contributed by atoms with Gasteiger partial charge in [-0.2, -0.15) is 0 Å². The predicted molar refractivity (Wildman–Crippen MR) is 125 cm³/mol. The minimum absolute atomic E-state index is 0.0352. The van der Waals surface area contributed by atoms with E-state index in [0.29, 0.717) is 12.2 Å². The van der Waals surface area contributed by atoms with E-state index in [2.05, 4.69) is 51.2 Å². The second kappa shape index (κ2) is 9.90. The third kappa shape index (κ3) is 5.03. The molecule has 0 saturated carbocycles. The van der Waals surface area contributed by atoms with E-state index in [-0.39, 0.29) is 6.04 Å². The highest BCUT2D eigenvalue weighted by molar-refractivity contribution is 7.10. The standard InChI is InChI=1S/C25H27N3O2S/c1-2-18-8-5-6-11-21(18)27-25(30)24(29)26-16-22(23-12-7-15-31-23)28-14-13-19-9-3-4-10-20(19)17-28/h3-12,15,22H,2,13-14,16-17H2,1H3,(H,26,29)(H,27,30)/t22-/m0/s1. The van der Waals surface area contributed by atoms with Crippen LogP contribution in [0, 0.1) is 0 Å². The molecule has 4 rings (SSSR count). The molecular formula is C25H27N3O2S. The lowest BCUT2D eigenvalue weighted by atomic mass is 9.98. The molecule has 0 spiro atoms. The van der Waals surface area contributed by atoms with E-state index in [1.54, 1.807) is 11.3 Å². The first-order chi connectivity index (χ1) is 15.2. The normalized spacial score (nSPS) is 14.5. The highest BCUT2D eigenvalue weighted by atomic mass is 32.1. The maximum absolute atomic E-state index is 12.6. The molecule has 0 bridgehead atoms. The van der Waals surface area contributed by atoms with Gasteiger partial charge in [-0.05, 0) is 47.0 Å². The summed E-state index contributed by atoms with van der Waals surface area (Å²) < 4.78 is 0. The van der Waals surface area contributed by atoms with Crippen LogP contribution in [0.5, 0.6) is 0 Å². The van der Waals surface area contributed by atoms with Crippen LogP contribution in [0.25, 0.3) is 0 Å². The van der Waals surface area contributed by atoms with Crippen molar-refractivity contribution in [1.82, 2.24) is 10.2 Å². The van der Waals surface area contributed by atoms with Gasteiger partial charge in [-0.1, -0.05) is 55.5 Å². The van der Waals surface area contributed by atoms with E-state index in [0.717, 1.165) is 31.5 Å². The van der Waals surface area contributed by atoms with Gasteiger partial charge in [0.2, 0.25) is 0 Å². The molecule has 2 aromatic carbocycles. The Hall–Kier alpha value is -2.96. The number of nitrogens with zero attached hydrogens (tertiary/aromatic N) is 1. The van der Waals surface area contributed by atoms with E-state index >= 15 is 0 Å². The molecule has 1 aliphatic heterocycles. The van der Waals surface area contributed by atoms with Crippen molar-refractivity contribution < 1.29 is 9.59 Å². The molecule has 1 atom stereocenters. The molecule has 160 valence electrons. The molecular weight excluding hydrogens is 406 g/mol. The molecule has 5 nitrogen and oxygen atoms in total. The maximum atomic E-state index is 12.6. The summed E-state index contributed by atoms with van der Waals surface area (Å²) >= 11 is 1.68. The third-order valence-electron chi connectivity index (χ3n) is 5.78. The molecule has 0 aliphatic carbocycles. The van der Waals surface area contributed by atoms with Gasteiger partial charge in [0.05, 0.1) is 6.04 Å². The molecule has 2 heterocycles. The summed E-state index contributed by atoms with van der Waals surface area (Å²) in [5, 5.41) is 7.67. The third-order valence-corrected chi connectivity index (χ3v) is 6.75. The first kappa shape index (κ1) is 21.3. The number of rotatable bonds is 6. The monoisotopic (exact) mass is 433 g/mol. The van der Waals surface area contributed by atoms with E-state index < -0.39 is 11.8 Å². The molecule has 2 amide bonds. The SMILES string of the molecule is CCc1ccccc1NC(=O)C(=O)NC[C@@H](c1cccs1)N1CCc2ccccc2C1. The number of thiophene rings is 1. The van der Waals surface area contributed by atoms with Gasteiger partial charge in [-0.15, -0.1) is 11.3 Å². The summed E-state index contributed by atoms with van der Waals surface area (Å²) in [7, 11) is 0. The number of benzene rings is 2. The summed E-state index contributed by atoms with van der Waals surface area (Å²) in [5.74, 6) is -1.24. The Balaban J connectivity index is 1.42. The number of aryl methyl sites for hydroxylation is 1. The summed E-state index contributed by atoms with van der Waals surface area (Å²) in [6.07, 6.45) is 1.77. The maximum Gasteiger partial charge on any atom is 0.313 e. The zero-order chi connectivity index (χ0) is 21.6. The number of fused-ring (bicyclic) bond motifs is 1. The van der Waals surface area contributed by atoms with Crippen LogP contribution in [-0.2, 0) is 29.0 Å². The van der Waals surface area contributed by atoms with Crippen molar-refractivity contribution in [3.8, 4) is 0 Å². The van der Waals surface area contributed by atoms with Gasteiger partial charge in [0.1, 0.15) is 0 Å². The lowest BCUT2D eigenvalue weighted by Crippen LogP contribution is -2.43. The molecule has 1 aromatic heterocycles. The van der Waals surface area contributed by atoms with Gasteiger partial charge >= 0.3 is 11.8 Å². The molecule has 2 N–H and O–H groups in total. The van der Waals surface area contributed by atoms with E-state index in [9.17, 15) is 9.59 Å². The molecule has 0 unspecified atom stereocenters. The first-order valence-corrected chi connectivity index (χ1v) is 11.5. The Labute approximate surface area is 187 Å². The second-order valence-corrected chi connectivity index (χ2v) is 8.67. The highest BCUT2D eigenvalue weighted by Gasteiger charge is 2.27. The van der Waals surface area contributed by atoms with E-state index in [4.69, 9.17) is 0 Å². The molecule has 31 heavy (non-hydrogen) atoms. The van der Waals surface area contributed by atoms with Crippen molar-refractivity contribution >= 4 is 28.8 Å². The quantitative estimate of drug-likeness (QED) is 0.574. The van der Waals surface area contributed by atoms with Crippen LogP contribution in [0.4, 0.5) is 5.69 Å². The largest absolute Gasteiger partial charge is 0.346 e. The van der Waals surface area contributed by atoms with Gasteiger partial charge in [0.25, 0.3) is 0 Å². The predicted octanol–water partition coefficient (Wildman–Crippen LogP) is 4.16. The molecule has 0 saturated heterocycles. The molecule has 0 fully saturated rings. The smallest absolute Gasteiger partial charge is 0.313 e. The fraction of sp³-hybridized carbons (Fsp3) is 0.280. The molecule has 6 heteroatoms. The van der Waals surface area contributed by atoms with Crippen LogP contribution in [0.15, 0.2) is 66.0 Å². The Morgan fingerprint density at radius 3 is 2.55 bits per heavy atom. The average molecular weight is 434 g/mol. The van der Waals surface area contributed by atoms with Crippen molar-refractivity contribution in [2.24, 2.45) is 0 Å². The number of carbonyl (C=O) groups excluding carboxylic acids is 2. The number of nitrogens with one attached hydrogen (secondary N) is 2. The average Bonchev–Trinajstić information content (AvgIpc) is 3.34. The highest BCUT2D eigenvalue weighted by Crippen LogP contribution is 2.30. The number of anilines is 1. The van der Waals surface area contributed by atoms with Gasteiger partial charge in [-0.3, -0.25) is 14.5 Å². The minimum Gasteiger partial charge on any atom is -0.346 e. The second-order valence-electron chi connectivity index (χ2n) is 7.70. The number of carbonyl (C=O) groups is 2. The number of amides is 2. The lowest BCUT2D eigenvalue weighted by molar-refractivity contribution is -0.136. The van der Waals surface area contributed by atoms with Crippen LogP contribution in [0.2, 0.25) is 0 Å². The van der Waals surface area contributed by atoms with Crippen LogP contribution < -0.4 is 10.6 Å². The van der Waals surface area contributed by atoms with Crippen LogP contribution in [-0.4, -0.2) is 29.8 Å². The zero-order valence-electron chi connectivity index (χ0n) is 17.6. The van der Waals surface area contributed by atoms with Crippen LogP contribution >= 0.6 is 11.3 Å². The van der Waals surface area contributed by atoms with Crippen molar-refractivity contribution in [3.05, 3.63) is 87.6 Å². The van der Waals surface area contributed by atoms with Crippen molar-refractivity contribution in [2.75, 3.05) is 18.4 Å². The number of para-hydroxylation sites is 1. The lowest BCUT2D eigenvalue weighted by Gasteiger charge is -2.35. The van der Waals surface area contributed by atoms with Gasteiger partial charge in [-0.25, -0.2) is 0 Å². The van der Waals surface area contributed by atoms with Crippen LogP contribution in [0.1, 0.15) is 34.5 Å². The topological polar surface area (TPSA) is 61.4 Å². The summed E-state index contributed by atoms with van der Waals surface area (Å²) in [6.45, 7) is 4.17. The number of hydrogen-bond donors (Lipinski definition) is 2. The Morgan fingerprint density at radius 2 is 1.77 bits per heavy atom. The van der Waals surface area contributed by atoms with Crippen LogP contribution in [0.3, 0.4) is 0 Å². The zero-order valence-corrected chi connectivity index (χ0v) is 18.5.